The summed E-state index contributed by atoms with van der Waals surface area (Å²) in [5, 5.41) is 18.6. The molecule has 1 atom stereocenters. The standard InChI is InChI=1S/C63H55Cl2F6N9O7S/c1-85-49-20-15-41(16-21-49)56-57(42-17-22-50(86-2)23-18-42)79(59(75-56)44-30-45(62(66,67)68)32-46(31-44)63(69,70)71)35-40-11-13-43(14-12-40)60(83)73-27-7-26-72-54(81)37-78-36-47(76-77-78)38-87-52-24-19-48(33-51(52)65)80(55(82)34-64)58(53-10-6-29-88-53)61(84)74-28-25-39-8-4-3-5-9-39/h3-6,8-24,29-33,36,58H,7,25-28,34-35,37-38H2,1-2H3,(H,72,81)(H,73,83)(H,74,84). The van der Waals surface area contributed by atoms with Gasteiger partial charge in [-0.05, 0) is 132 Å². The first-order valence-corrected chi connectivity index (χ1v) is 29.0. The van der Waals surface area contributed by atoms with Gasteiger partial charge in [-0.3, -0.25) is 24.1 Å². The second-order valence-corrected chi connectivity index (χ2v) is 21.4. The fourth-order valence-corrected chi connectivity index (χ4v) is 10.6. The first-order valence-electron chi connectivity index (χ1n) is 27.2. The van der Waals surface area contributed by atoms with Crippen molar-refractivity contribution < 1.29 is 59.7 Å². The molecule has 9 aromatic rings. The van der Waals surface area contributed by atoms with Crippen LogP contribution in [0.4, 0.5) is 32.0 Å². The molecule has 16 nitrogen and oxygen atoms in total. The SMILES string of the molecule is COc1ccc(-c2nc(-c3cc(C(F)(F)F)cc(C(F)(F)F)c3)n(Cc3ccc(C(=O)NCCCNC(=O)Cn4cc(COc5ccc(N(C(=O)CCl)C(C(=O)NCCc6ccccc6)c6cccs6)cc5Cl)nn4)cc3)c2-c2ccc(OC)cc2)cc1. The van der Waals surface area contributed by atoms with E-state index in [2.05, 4.69) is 26.3 Å². The highest BCUT2D eigenvalue weighted by Gasteiger charge is 2.38. The Kier molecular flexibility index (Phi) is 20.5. The van der Waals surface area contributed by atoms with Crippen LogP contribution in [0.25, 0.3) is 33.9 Å². The highest BCUT2D eigenvalue weighted by molar-refractivity contribution is 7.10. The maximum Gasteiger partial charge on any atom is 0.416 e. The van der Waals surface area contributed by atoms with Gasteiger partial charge in [0.25, 0.3) is 5.91 Å². The third-order valence-electron chi connectivity index (χ3n) is 13.8. The Morgan fingerprint density at radius 3 is 1.98 bits per heavy atom. The van der Waals surface area contributed by atoms with Gasteiger partial charge < -0.3 is 34.7 Å². The summed E-state index contributed by atoms with van der Waals surface area (Å²) in [5.41, 5.74) is 0.709. The Morgan fingerprint density at radius 1 is 0.705 bits per heavy atom. The summed E-state index contributed by atoms with van der Waals surface area (Å²) in [4.78, 5) is 60.2. The average Bonchev–Trinajstić information content (AvgIpc) is 2.15. The number of rotatable bonds is 25. The number of hydrogen-bond donors (Lipinski definition) is 3. The number of hydrogen-bond acceptors (Lipinski definition) is 11. The molecule has 0 aliphatic carbocycles. The second-order valence-electron chi connectivity index (χ2n) is 19.8. The molecule has 456 valence electrons. The van der Waals surface area contributed by atoms with E-state index in [9.17, 15) is 45.5 Å². The van der Waals surface area contributed by atoms with E-state index in [1.807, 2.05) is 35.7 Å². The molecular formula is C63H55Cl2F6N9O7S. The van der Waals surface area contributed by atoms with Crippen molar-refractivity contribution in [2.24, 2.45) is 0 Å². The Labute approximate surface area is 515 Å². The Balaban J connectivity index is 0.802. The van der Waals surface area contributed by atoms with Crippen molar-refractivity contribution in [2.45, 2.75) is 50.9 Å². The monoisotopic (exact) mass is 1270 g/mol. The lowest BCUT2D eigenvalue weighted by Gasteiger charge is -2.30. The fourth-order valence-electron chi connectivity index (χ4n) is 9.45. The average molecular weight is 1270 g/mol. The van der Waals surface area contributed by atoms with Gasteiger partial charge >= 0.3 is 12.4 Å². The Hall–Kier alpha value is -9.19. The van der Waals surface area contributed by atoms with Crippen molar-refractivity contribution in [2.75, 3.05) is 44.6 Å². The maximum absolute atomic E-state index is 14.3. The van der Waals surface area contributed by atoms with E-state index < -0.39 is 58.7 Å². The quantitative estimate of drug-likeness (QED) is 0.0283. The van der Waals surface area contributed by atoms with Crippen LogP contribution in [-0.2, 0) is 52.9 Å². The van der Waals surface area contributed by atoms with Crippen molar-refractivity contribution in [3.05, 3.63) is 207 Å². The molecule has 0 fully saturated rings. The van der Waals surface area contributed by atoms with Gasteiger partial charge in [0.05, 0.1) is 48.0 Å². The summed E-state index contributed by atoms with van der Waals surface area (Å²) in [7, 11) is 2.95. The molecule has 0 aliphatic rings. The fraction of sp³-hybridized carbons (Fsp3) is 0.222. The number of methoxy groups -OCH3 is 2. The van der Waals surface area contributed by atoms with Gasteiger partial charge in [-0.15, -0.1) is 28.0 Å². The molecule has 0 bridgehead atoms. The second kappa shape index (κ2) is 28.5. The number of nitrogens with zero attached hydrogens (tertiary/aromatic N) is 6. The number of alkyl halides is 7. The summed E-state index contributed by atoms with van der Waals surface area (Å²) in [5.74, 6) is -1.10. The molecule has 25 heteroatoms. The number of carbonyl (C=O) groups excluding carboxylic acids is 4. The number of thiophene rings is 1. The Morgan fingerprint density at radius 2 is 1.36 bits per heavy atom. The van der Waals surface area contributed by atoms with Gasteiger partial charge in [0.15, 0.2) is 0 Å². The molecule has 4 amide bonds. The molecule has 3 aromatic heterocycles. The van der Waals surface area contributed by atoms with Crippen molar-refractivity contribution in [1.29, 1.82) is 0 Å². The van der Waals surface area contributed by atoms with Crippen LogP contribution in [0, 0.1) is 0 Å². The molecule has 0 radical (unpaired) electrons. The molecular weight excluding hydrogens is 1210 g/mol. The number of halogens is 8. The van der Waals surface area contributed by atoms with Gasteiger partial charge in [-0.25, -0.2) is 9.67 Å². The van der Waals surface area contributed by atoms with Crippen LogP contribution < -0.4 is 35.1 Å². The highest BCUT2D eigenvalue weighted by Crippen LogP contribution is 2.43. The summed E-state index contributed by atoms with van der Waals surface area (Å²) in [6, 6.07) is 37.9. The van der Waals surface area contributed by atoms with Crippen molar-refractivity contribution >= 4 is 63.9 Å². The molecule has 0 spiro atoms. The Bertz CT molecular complexity index is 3840. The third kappa shape index (κ3) is 15.9. The largest absolute Gasteiger partial charge is 0.497 e. The number of anilines is 1. The number of carbonyl (C=O) groups is 4. The maximum atomic E-state index is 14.3. The number of benzene rings is 6. The lowest BCUT2D eigenvalue weighted by Crippen LogP contribution is -2.44. The lowest BCUT2D eigenvalue weighted by atomic mass is 10.0. The summed E-state index contributed by atoms with van der Waals surface area (Å²) in [6.45, 7) is 0.321. The van der Waals surface area contributed by atoms with Crippen LogP contribution >= 0.6 is 34.5 Å². The van der Waals surface area contributed by atoms with Crippen molar-refractivity contribution in [3.8, 4) is 51.2 Å². The van der Waals surface area contributed by atoms with Crippen molar-refractivity contribution in [3.63, 3.8) is 0 Å². The number of amides is 4. The van der Waals surface area contributed by atoms with Crippen LogP contribution in [0.3, 0.4) is 0 Å². The van der Waals surface area contributed by atoms with E-state index in [0.29, 0.717) is 81.7 Å². The van der Waals surface area contributed by atoms with E-state index in [1.165, 1.54) is 59.5 Å². The summed E-state index contributed by atoms with van der Waals surface area (Å²) >= 11 is 14.1. The molecule has 1 unspecified atom stereocenters. The lowest BCUT2D eigenvalue weighted by molar-refractivity contribution is -0.143. The number of nitrogens with one attached hydrogen (secondary N) is 3. The first-order chi connectivity index (χ1) is 42.3. The molecule has 0 saturated heterocycles. The van der Waals surface area contributed by atoms with E-state index >= 15 is 0 Å². The number of imidazole rings is 1. The van der Waals surface area contributed by atoms with Crippen LogP contribution in [0.1, 0.15) is 55.6 Å². The summed E-state index contributed by atoms with van der Waals surface area (Å²) in [6.07, 6.45) is -7.80. The van der Waals surface area contributed by atoms with Crippen LogP contribution in [0.2, 0.25) is 5.02 Å². The van der Waals surface area contributed by atoms with Crippen LogP contribution in [0.15, 0.2) is 163 Å². The third-order valence-corrected chi connectivity index (χ3v) is 15.2. The van der Waals surface area contributed by atoms with E-state index in [0.717, 1.165) is 5.56 Å². The first kappa shape index (κ1) is 63.3. The van der Waals surface area contributed by atoms with Gasteiger partial charge in [0.2, 0.25) is 17.7 Å². The van der Waals surface area contributed by atoms with E-state index in [4.69, 9.17) is 42.4 Å². The zero-order valence-electron chi connectivity index (χ0n) is 47.0. The van der Waals surface area contributed by atoms with E-state index in [1.54, 1.807) is 89.5 Å². The topological polar surface area (TPSA) is 184 Å². The minimum atomic E-state index is -5.13. The van der Waals surface area contributed by atoms with Gasteiger partial charge in [-0.2, -0.15) is 26.3 Å². The molecule has 0 aliphatic heterocycles. The zero-order valence-corrected chi connectivity index (χ0v) is 49.3. The van der Waals surface area contributed by atoms with E-state index in [-0.39, 0.29) is 72.6 Å². The van der Waals surface area contributed by atoms with Gasteiger partial charge in [-0.1, -0.05) is 65.3 Å². The highest BCUT2D eigenvalue weighted by atomic mass is 35.5. The molecule has 9 rings (SSSR count). The van der Waals surface area contributed by atoms with Crippen molar-refractivity contribution in [1.82, 2.24) is 40.5 Å². The van der Waals surface area contributed by atoms with Crippen LogP contribution in [0.5, 0.6) is 17.2 Å². The molecule has 3 N–H and O–H groups in total. The minimum Gasteiger partial charge on any atom is -0.497 e. The predicted octanol–water partition coefficient (Wildman–Crippen LogP) is 12.5. The smallest absolute Gasteiger partial charge is 0.416 e. The molecule has 3 heterocycles. The number of ether oxygens (including phenoxy) is 3. The number of aromatic nitrogens is 5. The normalized spacial score (nSPS) is 11.8. The molecule has 6 aromatic carbocycles. The van der Waals surface area contributed by atoms with Crippen LogP contribution in [-0.4, -0.2) is 87.9 Å². The zero-order chi connectivity index (χ0) is 62.5. The molecule has 0 saturated carbocycles. The summed E-state index contributed by atoms with van der Waals surface area (Å²) < 4.78 is 105. The predicted molar refractivity (Wildman–Crippen MR) is 321 cm³/mol. The minimum absolute atomic E-state index is 0.0642. The van der Waals surface area contributed by atoms with Gasteiger partial charge in [0, 0.05) is 59.0 Å². The molecule has 88 heavy (non-hydrogen) atoms. The van der Waals surface area contributed by atoms with Gasteiger partial charge in [0.1, 0.15) is 53.8 Å².